The summed E-state index contributed by atoms with van der Waals surface area (Å²) in [4.78, 5) is 11.3. The summed E-state index contributed by atoms with van der Waals surface area (Å²) >= 11 is 0. The van der Waals surface area contributed by atoms with Crippen molar-refractivity contribution in [3.05, 3.63) is 0 Å². The lowest BCUT2D eigenvalue weighted by Gasteiger charge is -2.20. The summed E-state index contributed by atoms with van der Waals surface area (Å²) < 4.78 is 0. The zero-order valence-corrected chi connectivity index (χ0v) is 7.55. The lowest BCUT2D eigenvalue weighted by molar-refractivity contribution is -0.123. The third kappa shape index (κ3) is 1.97. The van der Waals surface area contributed by atoms with Crippen LogP contribution in [0.25, 0.3) is 0 Å². The molecule has 0 radical (unpaired) electrons. The SMILES string of the molecule is CCC(C)(C#N)NC(=O)C1CC1. The maximum absolute atomic E-state index is 11.3. The third-order valence-corrected chi connectivity index (χ3v) is 2.30. The minimum absolute atomic E-state index is 0.0425. The van der Waals surface area contributed by atoms with Gasteiger partial charge in [0, 0.05) is 5.92 Å². The summed E-state index contributed by atoms with van der Waals surface area (Å²) in [6.07, 6.45) is 2.62. The van der Waals surface area contributed by atoms with Gasteiger partial charge < -0.3 is 5.32 Å². The molecule has 0 spiro atoms. The zero-order chi connectivity index (χ0) is 9.19. The number of carbonyl (C=O) groups excluding carboxylic acids is 1. The normalized spacial score (nSPS) is 20.8. The first-order chi connectivity index (χ1) is 5.61. The number of carbonyl (C=O) groups is 1. The number of hydrogen-bond acceptors (Lipinski definition) is 2. The van der Waals surface area contributed by atoms with Gasteiger partial charge in [-0.3, -0.25) is 4.79 Å². The molecule has 66 valence electrons. The number of hydrogen-bond donors (Lipinski definition) is 1. The predicted octanol–water partition coefficient (Wildman–Crippen LogP) is 1.20. The molecule has 1 atom stereocenters. The highest BCUT2D eigenvalue weighted by Crippen LogP contribution is 2.29. The number of nitriles is 1. The molecule has 1 N–H and O–H groups in total. The predicted molar refractivity (Wildman–Crippen MR) is 45.2 cm³/mol. The van der Waals surface area contributed by atoms with Crippen molar-refractivity contribution in [2.24, 2.45) is 5.92 Å². The van der Waals surface area contributed by atoms with Crippen molar-refractivity contribution in [1.82, 2.24) is 5.32 Å². The summed E-state index contributed by atoms with van der Waals surface area (Å²) in [6, 6.07) is 2.11. The van der Waals surface area contributed by atoms with E-state index in [1.165, 1.54) is 0 Å². The quantitative estimate of drug-likeness (QED) is 0.685. The lowest BCUT2D eigenvalue weighted by atomic mass is 10.0. The zero-order valence-electron chi connectivity index (χ0n) is 7.55. The van der Waals surface area contributed by atoms with Gasteiger partial charge in [0.1, 0.15) is 5.54 Å². The second-order valence-electron chi connectivity index (χ2n) is 3.56. The van der Waals surface area contributed by atoms with Crippen LogP contribution in [0.2, 0.25) is 0 Å². The number of rotatable bonds is 3. The topological polar surface area (TPSA) is 52.9 Å². The van der Waals surface area contributed by atoms with Crippen LogP contribution in [-0.2, 0) is 4.79 Å². The second kappa shape index (κ2) is 3.14. The van der Waals surface area contributed by atoms with Crippen molar-refractivity contribution in [3.63, 3.8) is 0 Å². The first kappa shape index (κ1) is 9.05. The Hall–Kier alpha value is -1.04. The van der Waals surface area contributed by atoms with E-state index in [2.05, 4.69) is 11.4 Å². The van der Waals surface area contributed by atoms with Crippen LogP contribution in [0.4, 0.5) is 0 Å². The minimum Gasteiger partial charge on any atom is -0.338 e. The summed E-state index contributed by atoms with van der Waals surface area (Å²) in [7, 11) is 0. The molecule has 1 saturated carbocycles. The van der Waals surface area contributed by atoms with Crippen molar-refractivity contribution < 1.29 is 4.79 Å². The van der Waals surface area contributed by atoms with E-state index in [1.807, 2.05) is 6.92 Å². The molecule has 3 heteroatoms. The largest absolute Gasteiger partial charge is 0.338 e. The molecule has 0 aromatic rings. The van der Waals surface area contributed by atoms with Crippen LogP contribution in [0.5, 0.6) is 0 Å². The highest BCUT2D eigenvalue weighted by molar-refractivity contribution is 5.81. The van der Waals surface area contributed by atoms with E-state index in [-0.39, 0.29) is 11.8 Å². The van der Waals surface area contributed by atoms with Gasteiger partial charge in [-0.1, -0.05) is 6.92 Å². The van der Waals surface area contributed by atoms with Crippen molar-refractivity contribution in [2.45, 2.75) is 38.6 Å². The van der Waals surface area contributed by atoms with Crippen LogP contribution in [0.15, 0.2) is 0 Å². The average molecular weight is 166 g/mol. The van der Waals surface area contributed by atoms with Gasteiger partial charge in [-0.05, 0) is 26.2 Å². The molecule has 0 aliphatic heterocycles. The fraction of sp³-hybridized carbons (Fsp3) is 0.778. The fourth-order valence-corrected chi connectivity index (χ4v) is 0.915. The Morgan fingerprint density at radius 3 is 2.67 bits per heavy atom. The number of nitrogens with zero attached hydrogens (tertiary/aromatic N) is 1. The van der Waals surface area contributed by atoms with E-state index < -0.39 is 5.54 Å². The van der Waals surface area contributed by atoms with Gasteiger partial charge in [-0.15, -0.1) is 0 Å². The first-order valence-electron chi connectivity index (χ1n) is 4.34. The van der Waals surface area contributed by atoms with Crippen LogP contribution < -0.4 is 5.32 Å². The Morgan fingerprint density at radius 1 is 1.75 bits per heavy atom. The molecule has 1 fully saturated rings. The van der Waals surface area contributed by atoms with E-state index in [0.29, 0.717) is 6.42 Å². The Morgan fingerprint density at radius 2 is 2.33 bits per heavy atom. The maximum atomic E-state index is 11.3. The van der Waals surface area contributed by atoms with Crippen molar-refractivity contribution in [1.29, 1.82) is 5.26 Å². The van der Waals surface area contributed by atoms with Crippen LogP contribution in [0.3, 0.4) is 0 Å². The van der Waals surface area contributed by atoms with E-state index in [1.54, 1.807) is 6.92 Å². The van der Waals surface area contributed by atoms with Gasteiger partial charge in [-0.2, -0.15) is 5.26 Å². The van der Waals surface area contributed by atoms with E-state index in [0.717, 1.165) is 12.8 Å². The van der Waals surface area contributed by atoms with Crippen LogP contribution >= 0.6 is 0 Å². The molecular weight excluding hydrogens is 152 g/mol. The average Bonchev–Trinajstić information content (AvgIpc) is 2.86. The molecule has 0 aromatic carbocycles. The van der Waals surface area contributed by atoms with Crippen LogP contribution in [0.1, 0.15) is 33.1 Å². The van der Waals surface area contributed by atoms with E-state index in [4.69, 9.17) is 5.26 Å². The van der Waals surface area contributed by atoms with Gasteiger partial charge in [-0.25, -0.2) is 0 Å². The third-order valence-electron chi connectivity index (χ3n) is 2.30. The Kier molecular flexibility index (Phi) is 2.37. The lowest BCUT2D eigenvalue weighted by Crippen LogP contribution is -2.44. The summed E-state index contributed by atoms with van der Waals surface area (Å²) in [5.41, 5.74) is -0.667. The minimum atomic E-state index is -0.667. The maximum Gasteiger partial charge on any atom is 0.224 e. The monoisotopic (exact) mass is 166 g/mol. The number of amides is 1. The molecule has 1 unspecified atom stereocenters. The molecular formula is C9H14N2O. The summed E-state index contributed by atoms with van der Waals surface area (Å²) in [5, 5.41) is 11.5. The summed E-state index contributed by atoms with van der Waals surface area (Å²) in [6.45, 7) is 3.66. The molecule has 1 amide bonds. The van der Waals surface area contributed by atoms with Gasteiger partial charge in [0.05, 0.1) is 6.07 Å². The molecule has 1 aliphatic carbocycles. The molecule has 1 rings (SSSR count). The van der Waals surface area contributed by atoms with Gasteiger partial charge in [0.25, 0.3) is 0 Å². The Labute approximate surface area is 72.8 Å². The molecule has 0 aromatic heterocycles. The van der Waals surface area contributed by atoms with Gasteiger partial charge >= 0.3 is 0 Å². The standard InChI is InChI=1S/C9H14N2O/c1-3-9(2,6-10)11-8(12)7-4-5-7/h7H,3-5H2,1-2H3,(H,11,12). The van der Waals surface area contributed by atoms with Gasteiger partial charge in [0.15, 0.2) is 0 Å². The molecule has 1 aliphatic rings. The molecule has 3 nitrogen and oxygen atoms in total. The highest BCUT2D eigenvalue weighted by atomic mass is 16.2. The van der Waals surface area contributed by atoms with Crippen LogP contribution in [-0.4, -0.2) is 11.4 Å². The smallest absolute Gasteiger partial charge is 0.224 e. The van der Waals surface area contributed by atoms with Crippen LogP contribution in [0, 0.1) is 17.2 Å². The fourth-order valence-electron chi connectivity index (χ4n) is 0.915. The van der Waals surface area contributed by atoms with Crippen molar-refractivity contribution >= 4 is 5.91 Å². The first-order valence-corrected chi connectivity index (χ1v) is 4.34. The Bertz CT molecular complexity index is 227. The molecule has 0 heterocycles. The Balaban J connectivity index is 2.47. The number of nitrogens with one attached hydrogen (secondary N) is 1. The molecule has 0 saturated heterocycles. The van der Waals surface area contributed by atoms with Crippen molar-refractivity contribution in [3.8, 4) is 6.07 Å². The molecule has 0 bridgehead atoms. The second-order valence-corrected chi connectivity index (χ2v) is 3.56. The molecule has 12 heavy (non-hydrogen) atoms. The van der Waals surface area contributed by atoms with E-state index >= 15 is 0 Å². The highest BCUT2D eigenvalue weighted by Gasteiger charge is 2.34. The van der Waals surface area contributed by atoms with Crippen molar-refractivity contribution in [2.75, 3.05) is 0 Å². The van der Waals surface area contributed by atoms with Gasteiger partial charge in [0.2, 0.25) is 5.91 Å². The summed E-state index contributed by atoms with van der Waals surface area (Å²) in [5.74, 6) is 0.227. The van der Waals surface area contributed by atoms with E-state index in [9.17, 15) is 4.79 Å².